The molecule has 2 rings (SSSR count). The van der Waals surface area contributed by atoms with Crippen molar-refractivity contribution in [1.82, 2.24) is 0 Å². The predicted octanol–water partition coefficient (Wildman–Crippen LogP) is 4.88. The lowest BCUT2D eigenvalue weighted by molar-refractivity contribution is 0.0748. The molecule has 0 amide bonds. The molecule has 112 valence electrons. The highest BCUT2D eigenvalue weighted by atomic mass is 35.5. The Labute approximate surface area is 132 Å². The highest BCUT2D eigenvalue weighted by Crippen LogP contribution is 2.29. The Hall–Kier alpha value is -0.440. The van der Waals surface area contributed by atoms with Crippen LogP contribution in [0.25, 0.3) is 0 Å². The molecule has 1 aliphatic rings. The van der Waals surface area contributed by atoms with E-state index in [0.717, 1.165) is 32.0 Å². The number of piperidine rings is 1. The first-order valence-corrected chi connectivity index (χ1v) is 8.09. The molecule has 0 spiro atoms. The molecule has 1 heterocycles. The number of halogens is 2. The van der Waals surface area contributed by atoms with Crippen LogP contribution >= 0.6 is 23.2 Å². The smallest absolute Gasteiger partial charge is 0.0612 e. The number of hydrogen-bond donors (Lipinski definition) is 0. The molecule has 1 saturated heterocycles. The summed E-state index contributed by atoms with van der Waals surface area (Å²) in [5.41, 5.74) is 1.16. The molecule has 4 heteroatoms. The van der Waals surface area contributed by atoms with E-state index in [0.29, 0.717) is 21.9 Å². The SMILES string of the molecule is CC(C)COCC1CCCN(c2ccc(Cl)c(Cl)c2)C1. The second-order valence-electron chi connectivity index (χ2n) is 5.98. The minimum absolute atomic E-state index is 0.602. The van der Waals surface area contributed by atoms with Crippen LogP contribution in [0.3, 0.4) is 0 Å². The highest BCUT2D eigenvalue weighted by molar-refractivity contribution is 6.42. The van der Waals surface area contributed by atoms with Gasteiger partial charge in [0.1, 0.15) is 0 Å². The molecular formula is C16H23Cl2NO. The Morgan fingerprint density at radius 2 is 2.10 bits per heavy atom. The summed E-state index contributed by atoms with van der Waals surface area (Å²) in [5, 5.41) is 1.24. The van der Waals surface area contributed by atoms with Crippen molar-refractivity contribution in [2.24, 2.45) is 11.8 Å². The van der Waals surface area contributed by atoms with Crippen LogP contribution in [0.5, 0.6) is 0 Å². The first-order valence-electron chi connectivity index (χ1n) is 7.34. The third-order valence-corrected chi connectivity index (χ3v) is 4.33. The van der Waals surface area contributed by atoms with E-state index in [1.807, 2.05) is 18.2 Å². The van der Waals surface area contributed by atoms with Gasteiger partial charge < -0.3 is 9.64 Å². The number of hydrogen-bond acceptors (Lipinski definition) is 2. The molecule has 1 aromatic carbocycles. The van der Waals surface area contributed by atoms with Gasteiger partial charge in [-0.1, -0.05) is 37.0 Å². The van der Waals surface area contributed by atoms with Crippen molar-refractivity contribution in [2.75, 3.05) is 31.2 Å². The molecule has 1 fully saturated rings. The second-order valence-corrected chi connectivity index (χ2v) is 6.80. The van der Waals surface area contributed by atoms with E-state index in [1.165, 1.54) is 12.8 Å². The summed E-state index contributed by atoms with van der Waals surface area (Å²) in [7, 11) is 0. The van der Waals surface area contributed by atoms with Crippen LogP contribution in [0.4, 0.5) is 5.69 Å². The maximum atomic E-state index is 6.10. The molecule has 1 atom stereocenters. The molecule has 0 aromatic heterocycles. The molecule has 0 aliphatic carbocycles. The topological polar surface area (TPSA) is 12.5 Å². The van der Waals surface area contributed by atoms with E-state index in [9.17, 15) is 0 Å². The molecular weight excluding hydrogens is 293 g/mol. The molecule has 20 heavy (non-hydrogen) atoms. The van der Waals surface area contributed by atoms with Gasteiger partial charge in [-0.3, -0.25) is 0 Å². The average molecular weight is 316 g/mol. The van der Waals surface area contributed by atoms with E-state index in [1.54, 1.807) is 0 Å². The summed E-state index contributed by atoms with van der Waals surface area (Å²) in [6.45, 7) is 8.19. The van der Waals surface area contributed by atoms with Crippen LogP contribution in [0.1, 0.15) is 26.7 Å². The zero-order valence-electron chi connectivity index (χ0n) is 12.2. The number of anilines is 1. The van der Waals surface area contributed by atoms with Crippen molar-refractivity contribution in [3.63, 3.8) is 0 Å². The fourth-order valence-corrected chi connectivity index (χ4v) is 2.88. The van der Waals surface area contributed by atoms with Crippen molar-refractivity contribution in [3.05, 3.63) is 28.2 Å². The van der Waals surface area contributed by atoms with Gasteiger partial charge in [0.25, 0.3) is 0 Å². The monoisotopic (exact) mass is 315 g/mol. The third kappa shape index (κ3) is 4.54. The van der Waals surface area contributed by atoms with Crippen molar-refractivity contribution >= 4 is 28.9 Å². The van der Waals surface area contributed by atoms with Crippen molar-refractivity contribution in [3.8, 4) is 0 Å². The number of rotatable bonds is 5. The maximum absolute atomic E-state index is 6.10. The Morgan fingerprint density at radius 1 is 1.30 bits per heavy atom. The number of ether oxygens (including phenoxy) is 1. The predicted molar refractivity (Wildman–Crippen MR) is 87.1 cm³/mol. The lowest BCUT2D eigenvalue weighted by atomic mass is 9.98. The molecule has 0 saturated carbocycles. The third-order valence-electron chi connectivity index (χ3n) is 3.59. The van der Waals surface area contributed by atoms with Crippen molar-refractivity contribution in [1.29, 1.82) is 0 Å². The van der Waals surface area contributed by atoms with Crippen LogP contribution < -0.4 is 4.90 Å². The summed E-state index contributed by atoms with van der Waals surface area (Å²) >= 11 is 12.1. The minimum atomic E-state index is 0.602. The van der Waals surface area contributed by atoms with Crippen LogP contribution in [0.15, 0.2) is 18.2 Å². The highest BCUT2D eigenvalue weighted by Gasteiger charge is 2.20. The van der Waals surface area contributed by atoms with Crippen molar-refractivity contribution in [2.45, 2.75) is 26.7 Å². The molecule has 0 radical (unpaired) electrons. The lowest BCUT2D eigenvalue weighted by Crippen LogP contribution is -2.37. The van der Waals surface area contributed by atoms with E-state index in [2.05, 4.69) is 18.7 Å². The van der Waals surface area contributed by atoms with E-state index in [4.69, 9.17) is 27.9 Å². The summed E-state index contributed by atoms with van der Waals surface area (Å²) in [6, 6.07) is 5.88. The summed E-state index contributed by atoms with van der Waals surface area (Å²) < 4.78 is 5.79. The normalized spacial score (nSPS) is 19.6. The molecule has 2 nitrogen and oxygen atoms in total. The Morgan fingerprint density at radius 3 is 2.80 bits per heavy atom. The number of benzene rings is 1. The minimum Gasteiger partial charge on any atom is -0.381 e. The molecule has 0 bridgehead atoms. The van der Waals surface area contributed by atoms with Gasteiger partial charge in [-0.05, 0) is 42.9 Å². The molecule has 0 N–H and O–H groups in total. The van der Waals surface area contributed by atoms with Gasteiger partial charge in [0.15, 0.2) is 0 Å². The first-order chi connectivity index (χ1) is 9.56. The van der Waals surface area contributed by atoms with Crippen LogP contribution in [0.2, 0.25) is 10.0 Å². The van der Waals surface area contributed by atoms with Gasteiger partial charge in [-0.2, -0.15) is 0 Å². The van der Waals surface area contributed by atoms with Gasteiger partial charge in [-0.25, -0.2) is 0 Å². The van der Waals surface area contributed by atoms with E-state index in [-0.39, 0.29) is 0 Å². The molecule has 1 unspecified atom stereocenters. The molecule has 1 aliphatic heterocycles. The van der Waals surface area contributed by atoms with Gasteiger partial charge in [0, 0.05) is 25.4 Å². The average Bonchev–Trinajstić information content (AvgIpc) is 2.42. The zero-order chi connectivity index (χ0) is 14.5. The second kappa shape index (κ2) is 7.53. The number of nitrogens with zero attached hydrogens (tertiary/aromatic N) is 1. The van der Waals surface area contributed by atoms with Gasteiger partial charge in [-0.15, -0.1) is 0 Å². The fraction of sp³-hybridized carbons (Fsp3) is 0.625. The van der Waals surface area contributed by atoms with Crippen LogP contribution in [-0.2, 0) is 4.74 Å². The first kappa shape index (κ1) is 15.9. The fourth-order valence-electron chi connectivity index (χ4n) is 2.59. The van der Waals surface area contributed by atoms with Crippen LogP contribution in [0, 0.1) is 11.8 Å². The Kier molecular flexibility index (Phi) is 6.01. The Bertz CT molecular complexity index is 436. The standard InChI is InChI=1S/C16H23Cl2NO/c1-12(2)10-20-11-13-4-3-7-19(9-13)14-5-6-15(17)16(18)8-14/h5-6,8,12-13H,3-4,7,9-11H2,1-2H3. The zero-order valence-corrected chi connectivity index (χ0v) is 13.8. The van der Waals surface area contributed by atoms with Gasteiger partial charge in [0.2, 0.25) is 0 Å². The summed E-state index contributed by atoms with van der Waals surface area (Å²) in [4.78, 5) is 2.38. The molecule has 1 aromatic rings. The maximum Gasteiger partial charge on any atom is 0.0612 e. The summed E-state index contributed by atoms with van der Waals surface area (Å²) in [6.07, 6.45) is 2.45. The van der Waals surface area contributed by atoms with Crippen molar-refractivity contribution < 1.29 is 4.74 Å². The van der Waals surface area contributed by atoms with E-state index >= 15 is 0 Å². The largest absolute Gasteiger partial charge is 0.381 e. The summed E-state index contributed by atoms with van der Waals surface area (Å²) in [5.74, 6) is 1.21. The lowest BCUT2D eigenvalue weighted by Gasteiger charge is -2.34. The Balaban J connectivity index is 1.90. The van der Waals surface area contributed by atoms with Crippen LogP contribution in [-0.4, -0.2) is 26.3 Å². The van der Waals surface area contributed by atoms with Gasteiger partial charge >= 0.3 is 0 Å². The van der Waals surface area contributed by atoms with E-state index < -0.39 is 0 Å². The van der Waals surface area contributed by atoms with Gasteiger partial charge in [0.05, 0.1) is 16.7 Å². The quantitative estimate of drug-likeness (QED) is 0.767.